The number of hydrogen-bond acceptors (Lipinski definition) is 5. The number of thiazole rings is 1. The van der Waals surface area contributed by atoms with Crippen molar-refractivity contribution >= 4 is 17.3 Å². The largest absolute Gasteiger partial charge is 0.464 e. The number of aryl methyl sites for hydroxylation is 1. The van der Waals surface area contributed by atoms with E-state index in [0.29, 0.717) is 17.7 Å². The lowest BCUT2D eigenvalue weighted by atomic mass is 9.96. The number of hydrogen-bond donors (Lipinski definition) is 1. The molecule has 94 valence electrons. The number of carbonyl (C=O) groups is 1. The summed E-state index contributed by atoms with van der Waals surface area (Å²) in [5.41, 5.74) is 0.478. The Labute approximate surface area is 105 Å². The average Bonchev–Trinajstić information content (AvgIpc) is 2.71. The van der Waals surface area contributed by atoms with Gasteiger partial charge in [-0.15, -0.1) is 11.3 Å². The number of piperidine rings is 1. The zero-order chi connectivity index (χ0) is 12.4. The molecule has 0 amide bonds. The smallest absolute Gasteiger partial charge is 0.357 e. The van der Waals surface area contributed by atoms with Crippen LogP contribution in [0, 0.1) is 6.92 Å². The minimum atomic E-state index is -0.331. The minimum absolute atomic E-state index is 0.331. The first-order chi connectivity index (χ1) is 8.11. The summed E-state index contributed by atoms with van der Waals surface area (Å²) >= 11 is 1.61. The summed E-state index contributed by atoms with van der Waals surface area (Å²) in [4.78, 5) is 16.9. The first-order valence-corrected chi connectivity index (χ1v) is 6.72. The molecule has 1 saturated heterocycles. The number of esters is 1. The summed E-state index contributed by atoms with van der Waals surface area (Å²) in [5, 5.41) is 4.51. The van der Waals surface area contributed by atoms with Gasteiger partial charge < -0.3 is 10.1 Å². The van der Waals surface area contributed by atoms with Gasteiger partial charge in [0.15, 0.2) is 5.69 Å². The zero-order valence-electron chi connectivity index (χ0n) is 10.4. The third-order valence-electron chi connectivity index (χ3n) is 3.20. The molecular weight excluding hydrogens is 236 g/mol. The third kappa shape index (κ3) is 2.66. The third-order valence-corrected chi connectivity index (χ3v) is 4.34. The van der Waals surface area contributed by atoms with Crippen molar-refractivity contribution in [2.75, 3.05) is 13.7 Å². The van der Waals surface area contributed by atoms with Crippen molar-refractivity contribution in [3.8, 4) is 0 Å². The molecule has 0 bridgehead atoms. The molecule has 1 aliphatic heterocycles. The molecular formula is C12H18N2O2S. The Bertz CT molecular complexity index is 409. The van der Waals surface area contributed by atoms with Crippen LogP contribution in [-0.2, 0) is 4.74 Å². The van der Waals surface area contributed by atoms with E-state index >= 15 is 0 Å². The Balaban J connectivity index is 2.14. The number of nitrogens with one attached hydrogen (secondary N) is 1. The van der Waals surface area contributed by atoms with E-state index in [1.165, 1.54) is 7.11 Å². The molecule has 4 nitrogen and oxygen atoms in total. The molecule has 1 unspecified atom stereocenters. The lowest BCUT2D eigenvalue weighted by Crippen LogP contribution is -2.35. The van der Waals surface area contributed by atoms with Gasteiger partial charge in [0, 0.05) is 23.4 Å². The Morgan fingerprint density at radius 2 is 2.29 bits per heavy atom. The van der Waals surface area contributed by atoms with Gasteiger partial charge in [-0.3, -0.25) is 0 Å². The highest BCUT2D eigenvalue weighted by Crippen LogP contribution is 2.30. The van der Waals surface area contributed by atoms with Crippen LogP contribution in [0.1, 0.15) is 46.1 Å². The number of aromatic nitrogens is 1. The quantitative estimate of drug-likeness (QED) is 0.821. The molecule has 0 aromatic carbocycles. The Morgan fingerprint density at radius 1 is 1.53 bits per heavy atom. The van der Waals surface area contributed by atoms with E-state index in [-0.39, 0.29) is 5.97 Å². The standard InChI is InChI=1S/C12H18N2O2S/c1-7-4-5-9(6-13-7)11-14-10(8(2)17-11)12(15)16-3/h7,9,13H,4-6H2,1-3H3/t7-,9?/m1/s1. The summed E-state index contributed by atoms with van der Waals surface area (Å²) in [7, 11) is 1.39. The number of nitrogens with zero attached hydrogens (tertiary/aromatic N) is 1. The van der Waals surface area contributed by atoms with Gasteiger partial charge in [-0.25, -0.2) is 9.78 Å². The van der Waals surface area contributed by atoms with Crippen molar-refractivity contribution in [3.05, 3.63) is 15.6 Å². The van der Waals surface area contributed by atoms with Gasteiger partial charge in [0.2, 0.25) is 0 Å². The number of ether oxygens (including phenoxy) is 1. The molecule has 0 radical (unpaired) electrons. The van der Waals surface area contributed by atoms with Crippen LogP contribution in [0.2, 0.25) is 0 Å². The van der Waals surface area contributed by atoms with Gasteiger partial charge in [0.05, 0.1) is 12.1 Å². The van der Waals surface area contributed by atoms with Gasteiger partial charge in [-0.05, 0) is 26.7 Å². The summed E-state index contributed by atoms with van der Waals surface area (Å²) in [6.45, 7) is 5.07. The van der Waals surface area contributed by atoms with Crippen LogP contribution < -0.4 is 5.32 Å². The second kappa shape index (κ2) is 5.14. The molecule has 0 aliphatic carbocycles. The van der Waals surface area contributed by atoms with Crippen LogP contribution in [0.5, 0.6) is 0 Å². The monoisotopic (exact) mass is 254 g/mol. The van der Waals surface area contributed by atoms with Gasteiger partial charge in [-0.1, -0.05) is 0 Å². The molecule has 2 atom stereocenters. The molecule has 0 saturated carbocycles. The van der Waals surface area contributed by atoms with E-state index in [1.54, 1.807) is 11.3 Å². The van der Waals surface area contributed by atoms with E-state index in [9.17, 15) is 4.79 Å². The van der Waals surface area contributed by atoms with E-state index in [1.807, 2.05) is 6.92 Å². The topological polar surface area (TPSA) is 51.2 Å². The number of rotatable bonds is 2. The molecule has 1 aliphatic rings. The van der Waals surface area contributed by atoms with Gasteiger partial charge in [-0.2, -0.15) is 0 Å². The molecule has 0 spiro atoms. The maximum absolute atomic E-state index is 11.5. The highest BCUT2D eigenvalue weighted by atomic mass is 32.1. The van der Waals surface area contributed by atoms with Crippen molar-refractivity contribution in [2.45, 2.75) is 38.6 Å². The first kappa shape index (κ1) is 12.5. The summed E-state index contributed by atoms with van der Waals surface area (Å²) in [6, 6.07) is 0.590. The van der Waals surface area contributed by atoms with E-state index in [4.69, 9.17) is 4.74 Å². The molecule has 1 aromatic rings. The predicted octanol–water partition coefficient (Wildman–Crippen LogP) is 2.09. The summed E-state index contributed by atoms with van der Waals surface area (Å²) in [5.74, 6) is 0.107. The number of methoxy groups -OCH3 is 1. The van der Waals surface area contributed by atoms with Crippen LogP contribution in [0.3, 0.4) is 0 Å². The van der Waals surface area contributed by atoms with E-state index < -0.39 is 0 Å². The van der Waals surface area contributed by atoms with Crippen LogP contribution >= 0.6 is 11.3 Å². The molecule has 2 heterocycles. The van der Waals surface area contributed by atoms with Crippen molar-refractivity contribution in [3.63, 3.8) is 0 Å². The highest BCUT2D eigenvalue weighted by Gasteiger charge is 2.24. The molecule has 1 aromatic heterocycles. The van der Waals surface area contributed by atoms with Crippen LogP contribution in [0.4, 0.5) is 0 Å². The fraction of sp³-hybridized carbons (Fsp3) is 0.667. The second-order valence-electron chi connectivity index (χ2n) is 4.53. The maximum Gasteiger partial charge on any atom is 0.357 e. The normalized spacial score (nSPS) is 24.6. The predicted molar refractivity (Wildman–Crippen MR) is 67.6 cm³/mol. The minimum Gasteiger partial charge on any atom is -0.464 e. The highest BCUT2D eigenvalue weighted by molar-refractivity contribution is 7.12. The molecule has 17 heavy (non-hydrogen) atoms. The van der Waals surface area contributed by atoms with Crippen molar-refractivity contribution in [1.29, 1.82) is 0 Å². The Kier molecular flexibility index (Phi) is 3.79. The SMILES string of the molecule is COC(=O)c1nc(C2CC[C@@H](C)NC2)sc1C. The van der Waals surface area contributed by atoms with Crippen LogP contribution in [0.15, 0.2) is 0 Å². The van der Waals surface area contributed by atoms with Gasteiger partial charge in [0.1, 0.15) is 0 Å². The fourth-order valence-electron chi connectivity index (χ4n) is 2.09. The Morgan fingerprint density at radius 3 is 2.88 bits per heavy atom. The van der Waals surface area contributed by atoms with E-state index in [2.05, 4.69) is 17.2 Å². The van der Waals surface area contributed by atoms with Crippen molar-refractivity contribution in [1.82, 2.24) is 10.3 Å². The molecule has 1 fully saturated rings. The lowest BCUT2D eigenvalue weighted by Gasteiger charge is -2.26. The first-order valence-electron chi connectivity index (χ1n) is 5.90. The summed E-state index contributed by atoms with van der Waals surface area (Å²) < 4.78 is 4.72. The second-order valence-corrected chi connectivity index (χ2v) is 5.77. The lowest BCUT2D eigenvalue weighted by molar-refractivity contribution is 0.0594. The average molecular weight is 254 g/mol. The van der Waals surface area contributed by atoms with Gasteiger partial charge in [0.25, 0.3) is 0 Å². The molecule has 2 rings (SSSR count). The summed E-state index contributed by atoms with van der Waals surface area (Å²) in [6.07, 6.45) is 2.30. The van der Waals surface area contributed by atoms with E-state index in [0.717, 1.165) is 29.3 Å². The molecule has 5 heteroatoms. The number of carbonyl (C=O) groups excluding carboxylic acids is 1. The molecule has 1 N–H and O–H groups in total. The zero-order valence-corrected chi connectivity index (χ0v) is 11.3. The Hall–Kier alpha value is -0.940. The van der Waals surface area contributed by atoms with Crippen molar-refractivity contribution < 1.29 is 9.53 Å². The van der Waals surface area contributed by atoms with Crippen LogP contribution in [-0.4, -0.2) is 30.6 Å². The van der Waals surface area contributed by atoms with Gasteiger partial charge >= 0.3 is 5.97 Å². The fourth-order valence-corrected chi connectivity index (χ4v) is 3.13. The maximum atomic E-state index is 11.5. The van der Waals surface area contributed by atoms with Crippen molar-refractivity contribution in [2.24, 2.45) is 0 Å². The van der Waals surface area contributed by atoms with Crippen LogP contribution in [0.25, 0.3) is 0 Å².